The summed E-state index contributed by atoms with van der Waals surface area (Å²) < 4.78 is 0. The molecule has 2 rings (SSSR count). The summed E-state index contributed by atoms with van der Waals surface area (Å²) in [5.74, 6) is 0. The Morgan fingerprint density at radius 2 is 2.17 bits per heavy atom. The molecule has 0 unspecified atom stereocenters. The largest absolute Gasteiger partial charge is 0.264 e. The van der Waals surface area contributed by atoms with Gasteiger partial charge in [-0.05, 0) is 30.6 Å². The first kappa shape index (κ1) is 7.29. The topological polar surface area (TPSA) is 12.4 Å². The highest BCUT2D eigenvalue weighted by Gasteiger charge is 2.03. The lowest BCUT2D eigenvalue weighted by Gasteiger charge is -1.96. The molecule has 1 aliphatic heterocycles. The van der Waals surface area contributed by atoms with E-state index in [1.54, 1.807) is 0 Å². The van der Waals surface area contributed by atoms with Crippen molar-refractivity contribution in [1.29, 1.82) is 0 Å². The maximum absolute atomic E-state index is 4.15. The minimum absolute atomic E-state index is 1.01. The quantitative estimate of drug-likeness (QED) is 0.512. The molecule has 1 heterocycles. The standard InChI is InChI=1S/C11H11N/c1-9-2-3-10-4-5-12-8-11(6-9)7-10/h2-6,8H,7H2,1H3. The van der Waals surface area contributed by atoms with Crippen LogP contribution in [0.4, 0.5) is 0 Å². The second-order valence-corrected chi connectivity index (χ2v) is 3.14. The summed E-state index contributed by atoms with van der Waals surface area (Å²) in [4.78, 5) is 4.15. The predicted molar refractivity (Wildman–Crippen MR) is 52.2 cm³/mol. The Hall–Kier alpha value is -1.37. The molecule has 0 aromatic carbocycles. The van der Waals surface area contributed by atoms with E-state index in [9.17, 15) is 0 Å². The fraction of sp³-hybridized carbons (Fsp3) is 0.182. The van der Waals surface area contributed by atoms with Crippen LogP contribution in [0.1, 0.15) is 13.3 Å². The normalized spacial score (nSPS) is 20.6. The number of hydrogen-bond donors (Lipinski definition) is 0. The number of hydrogen-bond acceptors (Lipinski definition) is 1. The van der Waals surface area contributed by atoms with Crippen molar-refractivity contribution >= 4 is 6.21 Å². The highest BCUT2D eigenvalue weighted by molar-refractivity contribution is 5.75. The zero-order valence-electron chi connectivity index (χ0n) is 7.12. The van der Waals surface area contributed by atoms with E-state index in [-0.39, 0.29) is 0 Å². The lowest BCUT2D eigenvalue weighted by atomic mass is 10.1. The summed E-state index contributed by atoms with van der Waals surface area (Å²) in [6, 6.07) is 0. The molecule has 0 radical (unpaired) electrons. The smallest absolute Gasteiger partial charge is 0.0303 e. The Balaban J connectivity index is 2.48. The molecular weight excluding hydrogens is 146 g/mol. The summed E-state index contributed by atoms with van der Waals surface area (Å²) in [6.45, 7) is 2.11. The van der Waals surface area contributed by atoms with Gasteiger partial charge in [-0.15, -0.1) is 0 Å². The first-order chi connectivity index (χ1) is 5.84. The molecule has 12 heavy (non-hydrogen) atoms. The van der Waals surface area contributed by atoms with Crippen LogP contribution in [0.2, 0.25) is 0 Å². The molecule has 0 saturated heterocycles. The average Bonchev–Trinajstić information content (AvgIpc) is 2.35. The zero-order valence-corrected chi connectivity index (χ0v) is 7.12. The number of rotatable bonds is 0. The lowest BCUT2D eigenvalue weighted by Crippen LogP contribution is -1.78. The van der Waals surface area contributed by atoms with Crippen LogP contribution >= 0.6 is 0 Å². The van der Waals surface area contributed by atoms with E-state index >= 15 is 0 Å². The molecule has 2 aliphatic rings. The van der Waals surface area contributed by atoms with Crippen molar-refractivity contribution in [2.75, 3.05) is 0 Å². The average molecular weight is 157 g/mol. The first-order valence-electron chi connectivity index (χ1n) is 4.12. The van der Waals surface area contributed by atoms with Gasteiger partial charge in [0.2, 0.25) is 0 Å². The molecule has 0 N–H and O–H groups in total. The van der Waals surface area contributed by atoms with E-state index in [1.807, 2.05) is 12.4 Å². The Morgan fingerprint density at radius 3 is 3.08 bits per heavy atom. The van der Waals surface area contributed by atoms with E-state index in [2.05, 4.69) is 36.2 Å². The van der Waals surface area contributed by atoms with Crippen LogP contribution < -0.4 is 0 Å². The van der Waals surface area contributed by atoms with Gasteiger partial charge in [0.1, 0.15) is 0 Å². The van der Waals surface area contributed by atoms with Crippen molar-refractivity contribution in [1.82, 2.24) is 0 Å². The van der Waals surface area contributed by atoms with Gasteiger partial charge >= 0.3 is 0 Å². The minimum Gasteiger partial charge on any atom is -0.264 e. The lowest BCUT2D eigenvalue weighted by molar-refractivity contribution is 1.21. The van der Waals surface area contributed by atoms with Crippen molar-refractivity contribution in [3.63, 3.8) is 0 Å². The van der Waals surface area contributed by atoms with Crippen LogP contribution in [0.3, 0.4) is 0 Å². The van der Waals surface area contributed by atoms with Gasteiger partial charge in [0.05, 0.1) is 0 Å². The van der Waals surface area contributed by atoms with Gasteiger partial charge in [-0.1, -0.05) is 23.8 Å². The van der Waals surface area contributed by atoms with Crippen LogP contribution in [0.5, 0.6) is 0 Å². The molecule has 1 nitrogen and oxygen atoms in total. The third-order valence-electron chi connectivity index (χ3n) is 2.00. The van der Waals surface area contributed by atoms with Crippen molar-refractivity contribution in [2.24, 2.45) is 4.99 Å². The number of aliphatic imine (C=N–C) groups is 1. The van der Waals surface area contributed by atoms with Crippen LogP contribution in [0.15, 0.2) is 52.2 Å². The van der Waals surface area contributed by atoms with E-state index < -0.39 is 0 Å². The van der Waals surface area contributed by atoms with Crippen LogP contribution in [-0.4, -0.2) is 6.21 Å². The van der Waals surface area contributed by atoms with Crippen molar-refractivity contribution in [3.05, 3.63) is 47.2 Å². The zero-order chi connectivity index (χ0) is 8.39. The maximum Gasteiger partial charge on any atom is 0.0303 e. The van der Waals surface area contributed by atoms with Crippen LogP contribution in [0, 0.1) is 0 Å². The summed E-state index contributed by atoms with van der Waals surface area (Å²) in [6.07, 6.45) is 13.3. The predicted octanol–water partition coefficient (Wildman–Crippen LogP) is 2.79. The number of nitrogens with zero attached hydrogens (tertiary/aromatic N) is 1. The van der Waals surface area contributed by atoms with E-state index in [0.29, 0.717) is 0 Å². The van der Waals surface area contributed by atoms with Gasteiger partial charge in [-0.2, -0.15) is 0 Å². The third-order valence-corrected chi connectivity index (χ3v) is 2.00. The molecule has 1 heteroatoms. The van der Waals surface area contributed by atoms with Crippen molar-refractivity contribution in [2.45, 2.75) is 13.3 Å². The Morgan fingerprint density at radius 1 is 1.25 bits per heavy atom. The molecule has 0 aromatic rings. The molecule has 60 valence electrons. The summed E-state index contributed by atoms with van der Waals surface area (Å²) in [5, 5.41) is 0. The molecule has 0 amide bonds. The fourth-order valence-electron chi connectivity index (χ4n) is 1.40. The van der Waals surface area contributed by atoms with Crippen LogP contribution in [-0.2, 0) is 0 Å². The monoisotopic (exact) mass is 157 g/mol. The van der Waals surface area contributed by atoms with Gasteiger partial charge < -0.3 is 0 Å². The molecule has 0 fully saturated rings. The molecule has 1 aliphatic carbocycles. The molecular formula is C11H11N. The Bertz CT molecular complexity index is 338. The minimum atomic E-state index is 1.01. The summed E-state index contributed by atoms with van der Waals surface area (Å²) >= 11 is 0. The van der Waals surface area contributed by atoms with Crippen molar-refractivity contribution < 1.29 is 0 Å². The van der Waals surface area contributed by atoms with Gasteiger partial charge in [0.15, 0.2) is 0 Å². The van der Waals surface area contributed by atoms with Gasteiger partial charge in [0, 0.05) is 12.4 Å². The van der Waals surface area contributed by atoms with Gasteiger partial charge in [-0.3, -0.25) is 4.99 Å². The van der Waals surface area contributed by atoms with Gasteiger partial charge in [0.25, 0.3) is 0 Å². The number of allylic oxidation sites excluding steroid dienone is 7. The summed E-state index contributed by atoms with van der Waals surface area (Å²) in [5.41, 5.74) is 3.91. The highest BCUT2D eigenvalue weighted by atomic mass is 14.7. The van der Waals surface area contributed by atoms with E-state index in [0.717, 1.165) is 6.42 Å². The van der Waals surface area contributed by atoms with Crippen molar-refractivity contribution in [3.8, 4) is 0 Å². The molecule has 0 spiro atoms. The van der Waals surface area contributed by atoms with Gasteiger partial charge in [-0.25, -0.2) is 0 Å². The fourth-order valence-corrected chi connectivity index (χ4v) is 1.40. The molecule has 0 aromatic heterocycles. The number of fused-ring (bicyclic) bond motifs is 2. The van der Waals surface area contributed by atoms with E-state index in [1.165, 1.54) is 16.7 Å². The van der Waals surface area contributed by atoms with E-state index in [4.69, 9.17) is 0 Å². The molecule has 0 atom stereocenters. The second kappa shape index (κ2) is 2.94. The second-order valence-electron chi connectivity index (χ2n) is 3.14. The first-order valence-corrected chi connectivity index (χ1v) is 4.12. The third kappa shape index (κ3) is 1.45. The highest BCUT2D eigenvalue weighted by Crippen LogP contribution is 2.21. The Labute approximate surface area is 72.5 Å². The SMILES string of the molecule is CC1=CC2=CN=CC=C(C=C1)C2. The maximum atomic E-state index is 4.15. The van der Waals surface area contributed by atoms with Crippen LogP contribution in [0.25, 0.3) is 0 Å². The molecule has 0 saturated carbocycles. The Kier molecular flexibility index (Phi) is 1.78. The molecule has 2 bridgehead atoms. The summed E-state index contributed by atoms with van der Waals surface area (Å²) in [7, 11) is 0.